The number of nitrogens with two attached hydrogens (primary N) is 1. The molecule has 3 amide bonds. The number of amides is 3. The summed E-state index contributed by atoms with van der Waals surface area (Å²) in [5, 5.41) is 6.70. The van der Waals surface area contributed by atoms with E-state index in [0.717, 1.165) is 24.6 Å². The summed E-state index contributed by atoms with van der Waals surface area (Å²) in [4.78, 5) is 37.8. The standard InChI is InChI=1S/C25H22N6O3S/c26-14-6-7-15(12-14)29-23(32)22-21-20-18(10-11-27-24(20)35-22)31(25(33)30-21)16-8-9-19(28-13-16)34-17-4-2-1-3-5-17/h1-5,8-11,13-15H,6-7,12,26H2,(H,29,32)(H,30,33)/t14-,15-/m1/s1. The highest BCUT2D eigenvalue weighted by atomic mass is 32.1. The van der Waals surface area contributed by atoms with Crippen LogP contribution in [0.2, 0.25) is 0 Å². The third kappa shape index (κ3) is 3.96. The van der Waals surface area contributed by atoms with E-state index in [9.17, 15) is 9.59 Å². The number of carbonyl (C=O) groups is 2. The van der Waals surface area contributed by atoms with Gasteiger partial charge in [-0.1, -0.05) is 18.2 Å². The van der Waals surface area contributed by atoms with Gasteiger partial charge in [0.05, 0.1) is 28.6 Å². The number of pyridine rings is 2. The molecule has 1 aromatic carbocycles. The number of urea groups is 1. The van der Waals surface area contributed by atoms with Gasteiger partial charge in [0.2, 0.25) is 5.88 Å². The molecule has 1 fully saturated rings. The molecular weight excluding hydrogens is 464 g/mol. The molecule has 4 aromatic rings. The van der Waals surface area contributed by atoms with Crippen molar-refractivity contribution >= 4 is 50.6 Å². The van der Waals surface area contributed by atoms with Crippen LogP contribution in [-0.4, -0.2) is 34.0 Å². The van der Waals surface area contributed by atoms with Gasteiger partial charge in [-0.05, 0) is 43.5 Å². The van der Waals surface area contributed by atoms with Crippen LogP contribution in [0.25, 0.3) is 10.2 Å². The van der Waals surface area contributed by atoms with E-state index in [-0.39, 0.29) is 24.0 Å². The number of para-hydroxylation sites is 1. The molecule has 1 aliphatic carbocycles. The normalized spacial score (nSPS) is 19.0. The van der Waals surface area contributed by atoms with Crippen LogP contribution in [-0.2, 0) is 0 Å². The van der Waals surface area contributed by atoms with Crippen molar-refractivity contribution in [2.24, 2.45) is 5.73 Å². The second-order valence-corrected chi connectivity index (χ2v) is 9.59. The SMILES string of the molecule is N[C@@H]1CC[C@@H](NC(=O)c2sc3nccc4c3c2NC(=O)N4c2ccc(Oc3ccccc3)nc2)C1. The zero-order chi connectivity index (χ0) is 23.9. The number of nitrogens with one attached hydrogen (secondary N) is 2. The molecule has 2 atom stereocenters. The maximum atomic E-state index is 13.2. The number of carbonyl (C=O) groups excluding carboxylic acids is 2. The number of hydrogen-bond acceptors (Lipinski definition) is 7. The zero-order valence-electron chi connectivity index (χ0n) is 18.6. The number of thiophene rings is 1. The average molecular weight is 487 g/mol. The molecule has 4 N–H and O–H groups in total. The molecule has 0 unspecified atom stereocenters. The van der Waals surface area contributed by atoms with Crippen molar-refractivity contribution in [1.29, 1.82) is 0 Å². The first kappa shape index (κ1) is 21.5. The van der Waals surface area contributed by atoms with Crippen LogP contribution in [0.3, 0.4) is 0 Å². The van der Waals surface area contributed by atoms with Crippen molar-refractivity contribution in [3.8, 4) is 11.6 Å². The van der Waals surface area contributed by atoms with E-state index < -0.39 is 0 Å². The van der Waals surface area contributed by atoms with Crippen molar-refractivity contribution in [3.05, 3.63) is 65.8 Å². The number of ether oxygens (including phenoxy) is 1. The Morgan fingerprint density at radius 2 is 2.00 bits per heavy atom. The van der Waals surface area contributed by atoms with Crippen LogP contribution < -0.4 is 26.0 Å². The molecule has 9 nitrogen and oxygen atoms in total. The molecule has 10 heteroatoms. The summed E-state index contributed by atoms with van der Waals surface area (Å²) in [6.07, 6.45) is 5.73. The smallest absolute Gasteiger partial charge is 0.331 e. The minimum Gasteiger partial charge on any atom is -0.439 e. The Morgan fingerprint density at radius 3 is 2.74 bits per heavy atom. The first-order valence-electron chi connectivity index (χ1n) is 11.3. The Kier molecular flexibility index (Phi) is 5.31. The van der Waals surface area contributed by atoms with Crippen LogP contribution in [0.15, 0.2) is 60.9 Å². The molecule has 3 aromatic heterocycles. The van der Waals surface area contributed by atoms with Gasteiger partial charge in [-0.15, -0.1) is 11.3 Å². The van der Waals surface area contributed by atoms with Gasteiger partial charge in [-0.2, -0.15) is 0 Å². The fourth-order valence-corrected chi connectivity index (χ4v) is 5.60. The second-order valence-electron chi connectivity index (χ2n) is 8.60. The second kappa shape index (κ2) is 8.64. The summed E-state index contributed by atoms with van der Waals surface area (Å²) < 4.78 is 5.76. The van der Waals surface area contributed by atoms with Crippen LogP contribution in [0.4, 0.5) is 21.9 Å². The van der Waals surface area contributed by atoms with Crippen molar-refractivity contribution in [1.82, 2.24) is 15.3 Å². The summed E-state index contributed by atoms with van der Waals surface area (Å²) >= 11 is 1.27. The maximum absolute atomic E-state index is 13.2. The van der Waals surface area contributed by atoms with Crippen LogP contribution >= 0.6 is 11.3 Å². The minimum atomic E-state index is -0.376. The molecule has 2 aliphatic rings. The van der Waals surface area contributed by atoms with Crippen molar-refractivity contribution < 1.29 is 14.3 Å². The van der Waals surface area contributed by atoms with Gasteiger partial charge in [0.1, 0.15) is 15.5 Å². The Balaban J connectivity index is 1.31. The number of hydrogen-bond donors (Lipinski definition) is 3. The Morgan fingerprint density at radius 1 is 1.14 bits per heavy atom. The van der Waals surface area contributed by atoms with Crippen molar-refractivity contribution in [2.45, 2.75) is 31.3 Å². The van der Waals surface area contributed by atoms with E-state index in [1.807, 2.05) is 30.3 Å². The largest absolute Gasteiger partial charge is 0.439 e. The monoisotopic (exact) mass is 486 g/mol. The number of benzene rings is 1. The topological polar surface area (TPSA) is 122 Å². The van der Waals surface area contributed by atoms with Crippen LogP contribution in [0, 0.1) is 0 Å². The lowest BCUT2D eigenvalue weighted by atomic mass is 10.1. The molecule has 176 valence electrons. The third-order valence-electron chi connectivity index (χ3n) is 6.21. The predicted octanol–water partition coefficient (Wildman–Crippen LogP) is 4.78. The molecule has 35 heavy (non-hydrogen) atoms. The first-order chi connectivity index (χ1) is 17.1. The van der Waals surface area contributed by atoms with Crippen molar-refractivity contribution in [2.75, 3.05) is 10.2 Å². The van der Waals surface area contributed by atoms with Crippen LogP contribution in [0.5, 0.6) is 11.6 Å². The molecule has 1 aliphatic heterocycles. The van der Waals surface area contributed by atoms with Gasteiger partial charge in [-0.3, -0.25) is 9.69 Å². The fourth-order valence-electron chi connectivity index (χ4n) is 4.57. The predicted molar refractivity (Wildman–Crippen MR) is 135 cm³/mol. The van der Waals surface area contributed by atoms with E-state index in [2.05, 4.69) is 20.6 Å². The summed E-state index contributed by atoms with van der Waals surface area (Å²) in [7, 11) is 0. The fraction of sp³-hybridized carbons (Fsp3) is 0.200. The average Bonchev–Trinajstić information content (AvgIpc) is 3.44. The summed E-state index contributed by atoms with van der Waals surface area (Å²) in [6, 6.07) is 14.4. The van der Waals surface area contributed by atoms with Crippen LogP contribution in [0.1, 0.15) is 28.9 Å². The van der Waals surface area contributed by atoms with E-state index in [1.54, 1.807) is 30.6 Å². The highest BCUT2D eigenvalue weighted by molar-refractivity contribution is 7.21. The number of aromatic nitrogens is 2. The van der Waals surface area contributed by atoms with Crippen molar-refractivity contribution in [3.63, 3.8) is 0 Å². The van der Waals surface area contributed by atoms with Gasteiger partial charge >= 0.3 is 6.03 Å². The molecule has 0 spiro atoms. The van der Waals surface area contributed by atoms with Gasteiger partial charge in [0.25, 0.3) is 5.91 Å². The Hall–Kier alpha value is -4.02. The quantitative estimate of drug-likeness (QED) is 0.373. The highest BCUT2D eigenvalue weighted by Gasteiger charge is 2.34. The zero-order valence-corrected chi connectivity index (χ0v) is 19.4. The van der Waals surface area contributed by atoms with E-state index in [4.69, 9.17) is 10.5 Å². The maximum Gasteiger partial charge on any atom is 0.331 e. The third-order valence-corrected chi connectivity index (χ3v) is 7.30. The lowest BCUT2D eigenvalue weighted by Gasteiger charge is -2.28. The number of nitrogens with zero attached hydrogens (tertiary/aromatic N) is 3. The lowest BCUT2D eigenvalue weighted by Crippen LogP contribution is -2.36. The molecule has 1 saturated carbocycles. The van der Waals surface area contributed by atoms with Gasteiger partial charge < -0.3 is 21.1 Å². The summed E-state index contributed by atoms with van der Waals surface area (Å²) in [6.45, 7) is 0. The number of rotatable bonds is 5. The van der Waals surface area contributed by atoms with Gasteiger partial charge in [0.15, 0.2) is 0 Å². The van der Waals surface area contributed by atoms with Gasteiger partial charge in [-0.25, -0.2) is 14.8 Å². The molecule has 0 saturated heterocycles. The highest BCUT2D eigenvalue weighted by Crippen LogP contribution is 2.45. The molecule has 0 radical (unpaired) electrons. The Labute approximate surface area is 204 Å². The van der Waals surface area contributed by atoms with Gasteiger partial charge in [0, 0.05) is 24.3 Å². The molecule has 4 heterocycles. The number of anilines is 3. The minimum absolute atomic E-state index is 0.0424. The van der Waals surface area contributed by atoms with E-state index >= 15 is 0 Å². The van der Waals surface area contributed by atoms with E-state index in [1.165, 1.54) is 16.2 Å². The molecular formula is C25H22N6O3S. The first-order valence-corrected chi connectivity index (χ1v) is 12.2. The summed E-state index contributed by atoms with van der Waals surface area (Å²) in [5.41, 5.74) is 7.69. The van der Waals surface area contributed by atoms with E-state index in [0.29, 0.717) is 38.4 Å². The molecule has 0 bridgehead atoms. The summed E-state index contributed by atoms with van der Waals surface area (Å²) in [5.74, 6) is 0.873. The Bertz CT molecular complexity index is 1420. The molecule has 6 rings (SSSR count). The lowest BCUT2D eigenvalue weighted by molar-refractivity contribution is 0.0942.